The maximum atomic E-state index is 5.07. The van der Waals surface area contributed by atoms with Crippen LogP contribution in [0.3, 0.4) is 0 Å². The van der Waals surface area contributed by atoms with Crippen molar-refractivity contribution < 1.29 is 4.84 Å². The van der Waals surface area contributed by atoms with Gasteiger partial charge in [0.15, 0.2) is 0 Å². The van der Waals surface area contributed by atoms with E-state index in [4.69, 9.17) is 11.6 Å². The van der Waals surface area contributed by atoms with Gasteiger partial charge >= 0.3 is 0 Å². The fraction of sp³-hybridized carbons (Fsp3) is 1.00. The first-order valence-electron chi connectivity index (χ1n) is 1.23. The van der Waals surface area contributed by atoms with Crippen LogP contribution in [0, 0.1) is 0 Å². The van der Waals surface area contributed by atoms with Crippen LogP contribution in [0.5, 0.6) is 0 Å². The fourth-order valence-electron chi connectivity index (χ4n) is 0.0546. The molecule has 0 saturated heterocycles. The third-order valence-corrected chi connectivity index (χ3v) is 0.308. The number of hydrogen-bond acceptors (Lipinski definition) is 2. The van der Waals surface area contributed by atoms with Gasteiger partial charge in [0.1, 0.15) is 0 Å². The summed E-state index contributed by atoms with van der Waals surface area (Å²) in [6.07, 6.45) is 0. The summed E-state index contributed by atoms with van der Waals surface area (Å²) in [7, 11) is 1.52. The van der Waals surface area contributed by atoms with Crippen molar-refractivity contribution in [2.24, 2.45) is 0 Å². The summed E-state index contributed by atoms with van der Waals surface area (Å²) in [5.41, 5.74) is 2.38. The Kier molecular flexibility index (Phi) is 4.39. The topological polar surface area (TPSA) is 21.3 Å². The third-order valence-electron chi connectivity index (χ3n) is 0.199. The molecule has 0 aliphatic rings. The van der Waals surface area contributed by atoms with Crippen molar-refractivity contribution in [2.45, 2.75) is 0 Å². The van der Waals surface area contributed by atoms with E-state index in [2.05, 4.69) is 10.3 Å². The molecule has 5 heavy (non-hydrogen) atoms. The van der Waals surface area contributed by atoms with Gasteiger partial charge in [-0.25, -0.2) is 0 Å². The van der Waals surface area contributed by atoms with Gasteiger partial charge in [-0.1, -0.05) is 0 Å². The zero-order valence-electron chi connectivity index (χ0n) is 2.99. The normalized spacial score (nSPS) is 8.40. The summed E-state index contributed by atoms with van der Waals surface area (Å²) in [4.78, 5) is 4.31. The molecule has 0 spiro atoms. The highest BCUT2D eigenvalue weighted by Gasteiger charge is 1.63. The summed E-state index contributed by atoms with van der Waals surface area (Å²) < 4.78 is 0. The number of nitrogens with one attached hydrogen (secondary N) is 1. The van der Waals surface area contributed by atoms with Crippen molar-refractivity contribution >= 4 is 11.6 Å². The van der Waals surface area contributed by atoms with Gasteiger partial charge in [0.25, 0.3) is 0 Å². The van der Waals surface area contributed by atoms with E-state index in [-0.39, 0.29) is 0 Å². The maximum Gasteiger partial charge on any atom is 0.0953 e. The first kappa shape index (κ1) is 5.21. The van der Waals surface area contributed by atoms with Crippen LogP contribution in [0.2, 0.25) is 0 Å². The lowest BCUT2D eigenvalue weighted by Gasteiger charge is -1.87. The fourth-order valence-corrected chi connectivity index (χ4v) is 0.164. The Morgan fingerprint density at radius 2 is 2.60 bits per heavy atom. The molecule has 32 valence electrons. The summed E-state index contributed by atoms with van der Waals surface area (Å²) in [6, 6.07) is 0.344. The third kappa shape index (κ3) is 4.21. The van der Waals surface area contributed by atoms with Gasteiger partial charge in [0.05, 0.1) is 13.1 Å². The van der Waals surface area contributed by atoms with E-state index < -0.39 is 0 Å². The van der Waals surface area contributed by atoms with E-state index in [1.165, 1.54) is 7.11 Å². The van der Waals surface area contributed by atoms with Gasteiger partial charge < -0.3 is 4.84 Å². The standard InChI is InChI=1S/C2H6ClNO/c1-5-4-2-3/h4H,2H2,1H3. The maximum absolute atomic E-state index is 5.07. The lowest BCUT2D eigenvalue weighted by molar-refractivity contribution is 0.106. The molecule has 0 amide bonds. The second kappa shape index (κ2) is 4.21. The SMILES string of the molecule is CONCCl. The van der Waals surface area contributed by atoms with Crippen molar-refractivity contribution in [1.29, 1.82) is 0 Å². The quantitative estimate of drug-likeness (QED) is 0.303. The highest BCUT2D eigenvalue weighted by molar-refractivity contribution is 6.17. The zero-order valence-corrected chi connectivity index (χ0v) is 3.75. The molecular formula is C2H6ClNO. The van der Waals surface area contributed by atoms with Crippen LogP contribution in [0.4, 0.5) is 0 Å². The number of hydrogen-bond donors (Lipinski definition) is 1. The second-order valence-corrected chi connectivity index (χ2v) is 0.749. The lowest BCUT2D eigenvalue weighted by Crippen LogP contribution is -2.06. The van der Waals surface area contributed by atoms with Gasteiger partial charge in [-0.3, -0.25) is 0 Å². The lowest BCUT2D eigenvalue weighted by atomic mass is 11.5. The van der Waals surface area contributed by atoms with Gasteiger partial charge in [0.2, 0.25) is 0 Å². The van der Waals surface area contributed by atoms with Crippen LogP contribution < -0.4 is 5.48 Å². The average molecular weight is 95.5 g/mol. The van der Waals surface area contributed by atoms with Gasteiger partial charge in [0, 0.05) is 0 Å². The first-order chi connectivity index (χ1) is 2.41. The molecule has 0 unspecified atom stereocenters. The van der Waals surface area contributed by atoms with Crippen LogP contribution in [0.15, 0.2) is 0 Å². The van der Waals surface area contributed by atoms with Gasteiger partial charge in [-0.05, 0) is 0 Å². The van der Waals surface area contributed by atoms with Crippen molar-refractivity contribution in [1.82, 2.24) is 5.48 Å². The van der Waals surface area contributed by atoms with Crippen molar-refractivity contribution in [3.63, 3.8) is 0 Å². The van der Waals surface area contributed by atoms with Crippen LogP contribution in [-0.4, -0.2) is 13.1 Å². The van der Waals surface area contributed by atoms with Crippen molar-refractivity contribution in [2.75, 3.05) is 13.1 Å². The number of rotatable bonds is 2. The smallest absolute Gasteiger partial charge is 0.0953 e. The Morgan fingerprint density at radius 3 is 2.60 bits per heavy atom. The molecule has 0 aromatic heterocycles. The minimum Gasteiger partial charge on any atom is -0.304 e. The van der Waals surface area contributed by atoms with Crippen LogP contribution >= 0.6 is 11.6 Å². The number of alkyl halides is 1. The molecular weight excluding hydrogens is 89.5 g/mol. The van der Waals surface area contributed by atoms with Crippen LogP contribution in [-0.2, 0) is 4.84 Å². The Labute approximate surface area is 36.0 Å². The van der Waals surface area contributed by atoms with Gasteiger partial charge in [-0.15, -0.1) is 11.6 Å². The van der Waals surface area contributed by atoms with E-state index in [1.807, 2.05) is 0 Å². The molecule has 3 heteroatoms. The van der Waals surface area contributed by atoms with Crippen molar-refractivity contribution in [3.05, 3.63) is 0 Å². The highest BCUT2D eigenvalue weighted by atomic mass is 35.5. The molecule has 2 nitrogen and oxygen atoms in total. The van der Waals surface area contributed by atoms with E-state index in [0.717, 1.165) is 0 Å². The first-order valence-corrected chi connectivity index (χ1v) is 1.77. The summed E-state index contributed by atoms with van der Waals surface area (Å²) in [5, 5.41) is 0. The summed E-state index contributed by atoms with van der Waals surface area (Å²) in [6.45, 7) is 0. The molecule has 0 aromatic carbocycles. The van der Waals surface area contributed by atoms with Crippen molar-refractivity contribution in [3.8, 4) is 0 Å². The molecule has 0 atom stereocenters. The predicted octanol–water partition coefficient (Wildman–Crippen LogP) is 0.334. The summed E-state index contributed by atoms with van der Waals surface area (Å²) >= 11 is 5.07. The average Bonchev–Trinajstić information content (AvgIpc) is 1.41. The molecule has 1 N–H and O–H groups in total. The molecule has 0 saturated carbocycles. The largest absolute Gasteiger partial charge is 0.304 e. The van der Waals surface area contributed by atoms with E-state index in [9.17, 15) is 0 Å². The molecule has 0 aromatic rings. The second-order valence-electron chi connectivity index (χ2n) is 0.482. The minimum atomic E-state index is 0.344. The summed E-state index contributed by atoms with van der Waals surface area (Å²) in [5.74, 6) is 0. The Bertz CT molecular complexity index is 17.1. The Hall–Kier alpha value is 0.210. The van der Waals surface area contributed by atoms with Crippen LogP contribution in [0.1, 0.15) is 0 Å². The van der Waals surface area contributed by atoms with Gasteiger partial charge in [-0.2, -0.15) is 5.48 Å². The Balaban J connectivity index is 2.19. The molecule has 0 heterocycles. The molecule has 0 rings (SSSR count). The Morgan fingerprint density at radius 1 is 2.00 bits per heavy atom. The number of halogens is 1. The minimum absolute atomic E-state index is 0.344. The van der Waals surface area contributed by atoms with E-state index in [1.54, 1.807) is 0 Å². The molecule has 0 aliphatic carbocycles. The molecule has 0 radical (unpaired) electrons. The highest BCUT2D eigenvalue weighted by Crippen LogP contribution is 1.60. The predicted molar refractivity (Wildman–Crippen MR) is 20.9 cm³/mol. The van der Waals surface area contributed by atoms with Crippen LogP contribution in [0.25, 0.3) is 0 Å². The molecule has 0 bridgehead atoms. The molecule has 0 aliphatic heterocycles. The molecule has 0 fully saturated rings. The van der Waals surface area contributed by atoms with E-state index in [0.29, 0.717) is 6.00 Å². The number of hydroxylamine groups is 1. The monoisotopic (exact) mass is 95.0 g/mol. The van der Waals surface area contributed by atoms with E-state index >= 15 is 0 Å². The zero-order chi connectivity index (χ0) is 4.12.